The van der Waals surface area contributed by atoms with E-state index in [1.807, 2.05) is 4.72 Å². The molecule has 1 aromatic rings. The van der Waals surface area contributed by atoms with Gasteiger partial charge in [0.25, 0.3) is 0 Å². The average molecular weight is 431 g/mol. The summed E-state index contributed by atoms with van der Waals surface area (Å²) in [5.74, 6) is -3.30. The van der Waals surface area contributed by atoms with Gasteiger partial charge in [-0.2, -0.15) is 4.72 Å². The van der Waals surface area contributed by atoms with E-state index < -0.39 is 56.5 Å². The van der Waals surface area contributed by atoms with Gasteiger partial charge in [0.1, 0.15) is 22.3 Å². The number of sulfonamides is 1. The van der Waals surface area contributed by atoms with Gasteiger partial charge in [0.15, 0.2) is 0 Å². The van der Waals surface area contributed by atoms with Crippen molar-refractivity contribution in [3.8, 4) is 5.75 Å². The molecule has 0 aliphatic heterocycles. The number of primary amides is 1. The van der Waals surface area contributed by atoms with Crippen molar-refractivity contribution in [2.24, 2.45) is 5.73 Å². The zero-order chi connectivity index (χ0) is 22.6. The Hall–Kier alpha value is -2.70. The molecule has 4 N–H and O–H groups in total. The number of esters is 1. The van der Waals surface area contributed by atoms with Crippen LogP contribution >= 0.6 is 0 Å². The molecule has 0 aliphatic carbocycles. The molecule has 0 radical (unpaired) electrons. The minimum absolute atomic E-state index is 0.109. The highest BCUT2D eigenvalue weighted by Gasteiger charge is 2.33. The predicted octanol–water partition coefficient (Wildman–Crippen LogP) is -0.110. The summed E-state index contributed by atoms with van der Waals surface area (Å²) < 4.78 is 32.6. The van der Waals surface area contributed by atoms with Gasteiger partial charge >= 0.3 is 5.97 Å². The van der Waals surface area contributed by atoms with E-state index in [-0.39, 0.29) is 5.56 Å². The quantitative estimate of drug-likeness (QED) is 0.379. The van der Waals surface area contributed by atoms with Gasteiger partial charge in [-0.15, -0.1) is 0 Å². The van der Waals surface area contributed by atoms with E-state index in [4.69, 9.17) is 15.3 Å². The second-order valence-electron chi connectivity index (χ2n) is 7.03. The van der Waals surface area contributed by atoms with E-state index in [9.17, 15) is 27.9 Å². The van der Waals surface area contributed by atoms with Crippen LogP contribution in [0.1, 0.15) is 37.6 Å². The van der Waals surface area contributed by atoms with Gasteiger partial charge in [0, 0.05) is 12.6 Å². The summed E-state index contributed by atoms with van der Waals surface area (Å²) in [5, 5.41) is 10.8. The predicted molar refractivity (Wildman–Crippen MR) is 101 cm³/mol. The van der Waals surface area contributed by atoms with Gasteiger partial charge in [0.2, 0.25) is 21.8 Å². The molecule has 2 amide bonds. The number of hydroxylamine groups is 2. The smallest absolute Gasteiger partial charge is 0.325 e. The van der Waals surface area contributed by atoms with Crippen molar-refractivity contribution in [2.45, 2.75) is 43.7 Å². The molecule has 1 rings (SSSR count). The summed E-state index contributed by atoms with van der Waals surface area (Å²) in [7, 11) is -1.96. The van der Waals surface area contributed by atoms with Gasteiger partial charge in [0.05, 0.1) is 13.5 Å². The molecule has 0 saturated heterocycles. The van der Waals surface area contributed by atoms with Gasteiger partial charge in [-0.3, -0.25) is 19.2 Å². The number of nitrogens with one attached hydrogen (secondary N) is 1. The van der Waals surface area contributed by atoms with E-state index in [0.29, 0.717) is 0 Å². The van der Waals surface area contributed by atoms with Crippen LogP contribution in [0.2, 0.25) is 0 Å². The highest BCUT2D eigenvalue weighted by atomic mass is 32.2. The van der Waals surface area contributed by atoms with Crippen LogP contribution in [0.4, 0.5) is 0 Å². The highest BCUT2D eigenvalue weighted by Crippen LogP contribution is 2.24. The van der Waals surface area contributed by atoms with Crippen molar-refractivity contribution in [1.82, 2.24) is 9.79 Å². The highest BCUT2D eigenvalue weighted by molar-refractivity contribution is 7.89. The number of rotatable bonds is 8. The van der Waals surface area contributed by atoms with Crippen molar-refractivity contribution < 1.29 is 37.5 Å². The molecular formula is C17H25N3O8S. The van der Waals surface area contributed by atoms with Crippen molar-refractivity contribution in [1.29, 1.82) is 0 Å². The summed E-state index contributed by atoms with van der Waals surface area (Å²) in [6.07, 6.45) is -0.599. The van der Waals surface area contributed by atoms with E-state index >= 15 is 0 Å². The number of hydrogen-bond donors (Lipinski definition) is 3. The molecule has 0 saturated carbocycles. The fraction of sp³-hybridized carbons (Fsp3) is 0.471. The van der Waals surface area contributed by atoms with Crippen molar-refractivity contribution >= 4 is 27.8 Å². The Morgan fingerprint density at radius 1 is 1.28 bits per heavy atom. The van der Waals surface area contributed by atoms with Crippen LogP contribution < -0.4 is 10.5 Å². The Bertz CT molecular complexity index is 892. The fourth-order valence-electron chi connectivity index (χ4n) is 2.10. The van der Waals surface area contributed by atoms with Crippen LogP contribution in [-0.4, -0.2) is 62.2 Å². The van der Waals surface area contributed by atoms with Crippen LogP contribution in [0.3, 0.4) is 0 Å². The number of ether oxygens (including phenoxy) is 1. The molecule has 0 spiro atoms. The van der Waals surface area contributed by atoms with Crippen LogP contribution in [0, 0.1) is 0 Å². The number of carbonyl (C=O) groups is 3. The summed E-state index contributed by atoms with van der Waals surface area (Å²) in [6, 6.07) is 1.33. The fourth-order valence-corrected chi connectivity index (χ4v) is 3.36. The molecule has 0 bridgehead atoms. The van der Waals surface area contributed by atoms with Crippen molar-refractivity contribution in [3.63, 3.8) is 0 Å². The van der Waals surface area contributed by atoms with Crippen LogP contribution in [0.15, 0.2) is 23.1 Å². The lowest BCUT2D eigenvalue weighted by Gasteiger charge is -2.25. The number of nitrogens with zero attached hydrogens (tertiary/aromatic N) is 1. The second-order valence-corrected chi connectivity index (χ2v) is 8.71. The minimum atomic E-state index is -4.48. The van der Waals surface area contributed by atoms with Crippen molar-refractivity contribution in [2.75, 3.05) is 14.2 Å². The Morgan fingerprint density at radius 3 is 2.31 bits per heavy atom. The number of carbonyl (C=O) groups excluding carboxylic acids is 3. The Labute approximate surface area is 168 Å². The van der Waals surface area contributed by atoms with Crippen LogP contribution in [0.25, 0.3) is 0 Å². The number of hydrogen-bond acceptors (Lipinski definition) is 8. The molecule has 0 heterocycles. The van der Waals surface area contributed by atoms with Gasteiger partial charge in [-0.1, -0.05) is 0 Å². The maximum absolute atomic E-state index is 12.7. The van der Waals surface area contributed by atoms with E-state index in [2.05, 4.69) is 0 Å². The van der Waals surface area contributed by atoms with Crippen LogP contribution in [0.5, 0.6) is 5.75 Å². The third-order valence-corrected chi connectivity index (χ3v) is 5.04. The lowest BCUT2D eigenvalue weighted by Crippen LogP contribution is -2.46. The van der Waals surface area contributed by atoms with Gasteiger partial charge < -0.3 is 15.6 Å². The van der Waals surface area contributed by atoms with E-state index in [1.165, 1.54) is 14.2 Å². The number of benzene rings is 1. The van der Waals surface area contributed by atoms with Gasteiger partial charge in [-0.25, -0.2) is 13.5 Å². The molecule has 1 aromatic carbocycles. The summed E-state index contributed by atoms with van der Waals surface area (Å²) in [4.78, 5) is 39.9. The Balaban J connectivity index is 3.23. The summed E-state index contributed by atoms with van der Waals surface area (Å²) in [6.45, 7) is 4.73. The monoisotopic (exact) mass is 431 g/mol. The largest absolute Gasteiger partial charge is 0.507 e. The first-order chi connectivity index (χ1) is 13.2. The minimum Gasteiger partial charge on any atom is -0.507 e. The average Bonchev–Trinajstić information content (AvgIpc) is 2.58. The maximum Gasteiger partial charge on any atom is 0.325 e. The Morgan fingerprint density at radius 2 is 1.86 bits per heavy atom. The number of aromatic hydroxyl groups is 1. The van der Waals surface area contributed by atoms with E-state index in [1.54, 1.807) is 20.8 Å². The molecule has 162 valence electrons. The normalized spacial score (nSPS) is 12.9. The molecule has 0 aromatic heterocycles. The number of amides is 2. The zero-order valence-corrected chi connectivity index (χ0v) is 17.6. The van der Waals surface area contributed by atoms with E-state index in [0.717, 1.165) is 23.3 Å². The first-order valence-electron chi connectivity index (χ1n) is 8.36. The molecule has 1 unspecified atom stereocenters. The topological polar surface area (TPSA) is 165 Å². The lowest BCUT2D eigenvalue weighted by atomic mass is 10.1. The molecule has 0 aliphatic rings. The zero-order valence-electron chi connectivity index (χ0n) is 16.8. The second kappa shape index (κ2) is 9.20. The maximum atomic E-state index is 12.7. The summed E-state index contributed by atoms with van der Waals surface area (Å²) >= 11 is 0. The first-order valence-corrected chi connectivity index (χ1v) is 9.85. The third-order valence-electron chi connectivity index (χ3n) is 3.53. The van der Waals surface area contributed by atoms with Crippen molar-refractivity contribution in [3.05, 3.63) is 23.8 Å². The molecule has 11 nitrogen and oxygen atoms in total. The standard InChI is InChI=1S/C17H25N3O8S/c1-17(2,3)28-16(24)11(9-14(22)20(4)27-5)19-29(25,26)13-7-6-10(15(18)23)8-12(13)21/h6-8,11,19,21H,9H2,1-5H3,(H2,18,23). The molecular weight excluding hydrogens is 406 g/mol. The lowest BCUT2D eigenvalue weighted by molar-refractivity contribution is -0.172. The van der Waals surface area contributed by atoms with Crippen LogP contribution in [-0.2, 0) is 29.2 Å². The molecule has 29 heavy (non-hydrogen) atoms. The van der Waals surface area contributed by atoms with Gasteiger partial charge in [-0.05, 0) is 39.0 Å². The molecule has 12 heteroatoms. The number of phenolic OH excluding ortho intramolecular Hbond substituents is 1. The third kappa shape index (κ3) is 7.00. The SMILES string of the molecule is CON(C)C(=O)CC(NS(=O)(=O)c1ccc(C(N)=O)cc1O)C(=O)OC(C)(C)C. The number of phenols is 1. The number of nitrogens with two attached hydrogens (primary N) is 1. The molecule has 0 fully saturated rings. The molecule has 1 atom stereocenters. The Kier molecular flexibility index (Phi) is 7.72. The first kappa shape index (κ1) is 24.3. The summed E-state index contributed by atoms with van der Waals surface area (Å²) in [5.41, 5.74) is 4.04.